The van der Waals surface area contributed by atoms with Crippen LogP contribution >= 0.6 is 11.8 Å². The smallest absolute Gasteiger partial charge is 0.275 e. The summed E-state index contributed by atoms with van der Waals surface area (Å²) in [4.78, 5) is 27.1. The van der Waals surface area contributed by atoms with Crippen molar-refractivity contribution in [2.75, 3.05) is 0 Å². The first-order valence-corrected chi connectivity index (χ1v) is 5.66. The summed E-state index contributed by atoms with van der Waals surface area (Å²) in [5.41, 5.74) is 3.72. The SMILES string of the molecule is Cc1cc2nc3n(c2cc1C)C(=O)C(=O)S3. The molecule has 0 saturated carbocycles. The van der Waals surface area contributed by atoms with E-state index in [4.69, 9.17) is 0 Å². The Kier molecular flexibility index (Phi) is 1.77. The standard InChI is InChI=1S/C11H8N2O2S/c1-5-3-7-8(4-6(5)2)13-9(14)10(15)16-11(13)12-7/h3-4H,1-2H3. The number of aryl methyl sites for hydroxylation is 2. The van der Waals surface area contributed by atoms with Crippen LogP contribution in [-0.2, 0) is 4.79 Å². The first-order chi connectivity index (χ1) is 7.58. The van der Waals surface area contributed by atoms with Gasteiger partial charge in [0.05, 0.1) is 11.0 Å². The number of benzene rings is 1. The van der Waals surface area contributed by atoms with Crippen molar-refractivity contribution in [3.8, 4) is 0 Å². The van der Waals surface area contributed by atoms with Gasteiger partial charge < -0.3 is 0 Å². The van der Waals surface area contributed by atoms with E-state index in [1.807, 2.05) is 26.0 Å². The highest BCUT2D eigenvalue weighted by Gasteiger charge is 2.32. The quantitative estimate of drug-likeness (QED) is 0.651. The Bertz CT molecular complexity index is 658. The van der Waals surface area contributed by atoms with Crippen molar-refractivity contribution < 1.29 is 9.59 Å². The number of rotatable bonds is 0. The molecule has 0 atom stereocenters. The minimum atomic E-state index is -0.495. The summed E-state index contributed by atoms with van der Waals surface area (Å²) in [7, 11) is 0. The van der Waals surface area contributed by atoms with Crippen molar-refractivity contribution in [2.24, 2.45) is 0 Å². The van der Waals surface area contributed by atoms with Crippen molar-refractivity contribution in [3.63, 3.8) is 0 Å². The van der Waals surface area contributed by atoms with Gasteiger partial charge in [-0.2, -0.15) is 0 Å². The number of thioether (sulfide) groups is 1. The monoisotopic (exact) mass is 232 g/mol. The Morgan fingerprint density at radius 2 is 1.88 bits per heavy atom. The Morgan fingerprint density at radius 1 is 1.19 bits per heavy atom. The van der Waals surface area contributed by atoms with Gasteiger partial charge in [-0.05, 0) is 48.9 Å². The number of nitrogens with zero attached hydrogens (tertiary/aromatic N) is 2. The molecule has 2 aromatic rings. The van der Waals surface area contributed by atoms with Crippen LogP contribution in [0, 0.1) is 13.8 Å². The molecule has 1 aromatic heterocycles. The van der Waals surface area contributed by atoms with Gasteiger partial charge in [-0.25, -0.2) is 9.55 Å². The topological polar surface area (TPSA) is 52.0 Å². The average Bonchev–Trinajstić information content (AvgIpc) is 2.67. The van der Waals surface area contributed by atoms with E-state index in [1.54, 1.807) is 0 Å². The highest BCUT2D eigenvalue weighted by atomic mass is 32.2. The van der Waals surface area contributed by atoms with Crippen molar-refractivity contribution in [1.82, 2.24) is 9.55 Å². The van der Waals surface area contributed by atoms with Gasteiger partial charge in [0.25, 0.3) is 5.12 Å². The fraction of sp³-hybridized carbons (Fsp3) is 0.182. The molecule has 1 aromatic carbocycles. The minimum absolute atomic E-state index is 0.456. The van der Waals surface area contributed by atoms with Crippen LogP contribution in [0.15, 0.2) is 17.3 Å². The van der Waals surface area contributed by atoms with E-state index in [0.717, 1.165) is 33.9 Å². The van der Waals surface area contributed by atoms with Crippen LogP contribution in [0.4, 0.5) is 0 Å². The van der Waals surface area contributed by atoms with Crippen molar-refractivity contribution in [1.29, 1.82) is 0 Å². The fourth-order valence-electron chi connectivity index (χ4n) is 1.79. The van der Waals surface area contributed by atoms with Gasteiger partial charge in [-0.3, -0.25) is 9.59 Å². The van der Waals surface area contributed by atoms with Crippen LogP contribution in [0.3, 0.4) is 0 Å². The maximum absolute atomic E-state index is 11.6. The van der Waals surface area contributed by atoms with Gasteiger partial charge in [0.15, 0.2) is 5.16 Å². The molecule has 0 spiro atoms. The first kappa shape index (κ1) is 9.59. The third-order valence-corrected chi connectivity index (χ3v) is 3.62. The highest BCUT2D eigenvalue weighted by molar-refractivity contribution is 8.15. The molecule has 80 valence electrons. The summed E-state index contributed by atoms with van der Waals surface area (Å²) in [6, 6.07) is 3.84. The Morgan fingerprint density at radius 3 is 2.62 bits per heavy atom. The molecule has 0 radical (unpaired) electrons. The fourth-order valence-corrected chi connectivity index (χ4v) is 2.55. The van der Waals surface area contributed by atoms with E-state index in [-0.39, 0.29) is 0 Å². The number of fused-ring (bicyclic) bond motifs is 3. The lowest BCUT2D eigenvalue weighted by Gasteiger charge is -2.00. The van der Waals surface area contributed by atoms with Gasteiger partial charge >= 0.3 is 5.91 Å². The molecule has 2 heterocycles. The summed E-state index contributed by atoms with van der Waals surface area (Å²) in [6.45, 7) is 3.97. The van der Waals surface area contributed by atoms with Gasteiger partial charge in [0.2, 0.25) is 0 Å². The molecule has 0 saturated heterocycles. The van der Waals surface area contributed by atoms with Gasteiger partial charge in [-0.15, -0.1) is 0 Å². The normalized spacial score (nSPS) is 14.9. The molecular weight excluding hydrogens is 224 g/mol. The number of carbonyl (C=O) groups is 2. The molecule has 1 aliphatic rings. The van der Waals surface area contributed by atoms with Crippen LogP contribution in [0.1, 0.15) is 15.9 Å². The summed E-state index contributed by atoms with van der Waals surface area (Å²) in [5.74, 6) is -0.495. The van der Waals surface area contributed by atoms with E-state index in [1.165, 1.54) is 4.57 Å². The summed E-state index contributed by atoms with van der Waals surface area (Å²) >= 11 is 0.900. The van der Waals surface area contributed by atoms with E-state index in [2.05, 4.69) is 4.98 Å². The third-order valence-electron chi connectivity index (χ3n) is 2.80. The van der Waals surface area contributed by atoms with Crippen LogP contribution < -0.4 is 0 Å². The summed E-state index contributed by atoms with van der Waals surface area (Å²) in [5, 5.41) is 0.0256. The molecule has 5 heteroatoms. The maximum Gasteiger partial charge on any atom is 0.312 e. The molecule has 16 heavy (non-hydrogen) atoms. The van der Waals surface area contributed by atoms with E-state index in [0.29, 0.717) is 5.16 Å². The molecule has 0 fully saturated rings. The van der Waals surface area contributed by atoms with Crippen LogP contribution in [-0.4, -0.2) is 20.6 Å². The van der Waals surface area contributed by atoms with E-state index in [9.17, 15) is 9.59 Å². The molecule has 4 nitrogen and oxygen atoms in total. The van der Waals surface area contributed by atoms with E-state index < -0.39 is 11.0 Å². The van der Waals surface area contributed by atoms with Crippen molar-refractivity contribution >= 4 is 33.8 Å². The first-order valence-electron chi connectivity index (χ1n) is 4.84. The van der Waals surface area contributed by atoms with Crippen LogP contribution in [0.2, 0.25) is 0 Å². The van der Waals surface area contributed by atoms with Crippen molar-refractivity contribution in [2.45, 2.75) is 19.0 Å². The van der Waals surface area contributed by atoms with Gasteiger partial charge in [-0.1, -0.05) is 0 Å². The lowest BCUT2D eigenvalue weighted by molar-refractivity contribution is -0.107. The number of imidazole rings is 1. The second-order valence-corrected chi connectivity index (χ2v) is 4.79. The zero-order valence-corrected chi connectivity index (χ0v) is 9.59. The lowest BCUT2D eigenvalue weighted by Crippen LogP contribution is -2.11. The molecule has 0 N–H and O–H groups in total. The number of hydrogen-bond acceptors (Lipinski definition) is 4. The predicted molar refractivity (Wildman–Crippen MR) is 60.7 cm³/mol. The van der Waals surface area contributed by atoms with Crippen LogP contribution in [0.5, 0.6) is 0 Å². The molecule has 3 rings (SSSR count). The summed E-state index contributed by atoms with van der Waals surface area (Å²) < 4.78 is 1.40. The molecule has 0 bridgehead atoms. The van der Waals surface area contributed by atoms with E-state index >= 15 is 0 Å². The molecule has 0 aliphatic carbocycles. The molecule has 0 unspecified atom stereocenters. The Labute approximate surface area is 95.7 Å². The Hall–Kier alpha value is -1.62. The minimum Gasteiger partial charge on any atom is -0.275 e. The highest BCUT2D eigenvalue weighted by Crippen LogP contribution is 2.31. The second kappa shape index (κ2) is 2.95. The lowest BCUT2D eigenvalue weighted by atomic mass is 10.1. The average molecular weight is 232 g/mol. The Balaban J connectivity index is 2.40. The van der Waals surface area contributed by atoms with Gasteiger partial charge in [0.1, 0.15) is 0 Å². The second-order valence-electron chi connectivity index (χ2n) is 3.85. The third kappa shape index (κ3) is 1.09. The van der Waals surface area contributed by atoms with Gasteiger partial charge in [0, 0.05) is 0 Å². The number of hydrogen-bond donors (Lipinski definition) is 0. The number of aromatic nitrogens is 2. The summed E-state index contributed by atoms with van der Waals surface area (Å²) in [6.07, 6.45) is 0. The van der Waals surface area contributed by atoms with Crippen LogP contribution in [0.25, 0.3) is 11.0 Å². The maximum atomic E-state index is 11.6. The molecule has 0 amide bonds. The number of carbonyl (C=O) groups excluding carboxylic acids is 2. The largest absolute Gasteiger partial charge is 0.312 e. The zero-order chi connectivity index (χ0) is 11.4. The predicted octanol–water partition coefficient (Wildman–Crippen LogP) is 1.93. The van der Waals surface area contributed by atoms with Crippen molar-refractivity contribution in [3.05, 3.63) is 23.3 Å². The zero-order valence-electron chi connectivity index (χ0n) is 8.77. The molecular formula is C11H8N2O2S. The molecule has 1 aliphatic heterocycles.